The lowest BCUT2D eigenvalue weighted by Gasteiger charge is -2.39. The summed E-state index contributed by atoms with van der Waals surface area (Å²) in [6, 6.07) is 15.2. The molecular weight excluding hydrogens is 692 g/mol. The Labute approximate surface area is 309 Å². The maximum absolute atomic E-state index is 16.3. The molecule has 3 aromatic carbocycles. The summed E-state index contributed by atoms with van der Waals surface area (Å²) in [5.74, 6) is -1.83. The number of aromatic amines is 2. The zero-order valence-corrected chi connectivity index (χ0v) is 29.6. The number of imidazole rings is 2. The molecule has 3 saturated heterocycles. The third-order valence-corrected chi connectivity index (χ3v) is 12.5. The van der Waals surface area contributed by atoms with Crippen molar-refractivity contribution in [2.45, 2.75) is 75.0 Å². The number of carbonyl (C=O) groups excluding carboxylic acids is 1. The summed E-state index contributed by atoms with van der Waals surface area (Å²) in [4.78, 5) is 44.2. The number of hydrogen-bond acceptors (Lipinski definition) is 6. The smallest absolute Gasteiger partial charge is 0.405 e. The quantitative estimate of drug-likeness (QED) is 0.118. The molecule has 5 N–H and O–H groups in total. The van der Waals surface area contributed by atoms with Crippen LogP contribution in [0.15, 0.2) is 60.8 Å². The maximum atomic E-state index is 16.3. The summed E-state index contributed by atoms with van der Waals surface area (Å²) in [6.45, 7) is 1.94. The number of fused-ring (bicyclic) bond motifs is 6. The van der Waals surface area contributed by atoms with E-state index in [9.17, 15) is 14.7 Å². The van der Waals surface area contributed by atoms with Gasteiger partial charge < -0.3 is 35.3 Å². The topological polar surface area (TPSA) is 148 Å². The van der Waals surface area contributed by atoms with Crippen molar-refractivity contribution in [1.29, 1.82) is 0 Å². The second kappa shape index (κ2) is 12.7. The molecule has 11 nitrogen and oxygen atoms in total. The number of alkyl halides is 2. The molecule has 5 atom stereocenters. The van der Waals surface area contributed by atoms with E-state index in [0.717, 1.165) is 61.2 Å². The second-order valence-corrected chi connectivity index (χ2v) is 15.6. The van der Waals surface area contributed by atoms with Gasteiger partial charge in [0, 0.05) is 35.9 Å². The lowest BCUT2D eigenvalue weighted by molar-refractivity contribution is -0.140. The minimum Gasteiger partial charge on any atom is -0.465 e. The molecule has 5 heterocycles. The highest BCUT2D eigenvalue weighted by Gasteiger charge is 2.52. The van der Waals surface area contributed by atoms with Gasteiger partial charge in [0.25, 0.3) is 5.92 Å². The summed E-state index contributed by atoms with van der Waals surface area (Å²) in [5.41, 5.74) is 5.29. The Balaban J connectivity index is 0.933. The number of amides is 2. The Morgan fingerprint density at radius 2 is 1.65 bits per heavy atom. The number of H-pyrrole nitrogens is 2. The van der Waals surface area contributed by atoms with Gasteiger partial charge in [-0.2, -0.15) is 8.78 Å². The van der Waals surface area contributed by atoms with Crippen LogP contribution in [0.3, 0.4) is 0 Å². The Morgan fingerprint density at radius 3 is 2.41 bits per heavy atom. The fourth-order valence-corrected chi connectivity index (χ4v) is 9.88. The lowest BCUT2D eigenvalue weighted by atomic mass is 9.89. The molecule has 0 unspecified atom stereocenters. The van der Waals surface area contributed by atoms with Crippen molar-refractivity contribution in [2.24, 2.45) is 11.8 Å². The van der Waals surface area contributed by atoms with E-state index in [1.807, 2.05) is 35.2 Å². The minimum absolute atomic E-state index is 0.0152. The number of aromatic nitrogens is 4. The molecule has 54 heavy (non-hydrogen) atoms. The van der Waals surface area contributed by atoms with Crippen LogP contribution < -0.4 is 10.6 Å². The van der Waals surface area contributed by atoms with Crippen LogP contribution in [0.2, 0.25) is 0 Å². The van der Waals surface area contributed by atoms with Crippen molar-refractivity contribution < 1.29 is 28.2 Å². The van der Waals surface area contributed by atoms with Crippen molar-refractivity contribution >= 4 is 23.0 Å². The molecule has 13 heteroatoms. The SMILES string of the molecule is O=C(O)N[C@H](C(=O)N1[C@@H]2CC[C@H](C2)[C@H]1c1nc2ccc(-c3ccc4c(c3)C(F)(F)c3cc(-c5cnc([C@@H]6CCCN6)[nH]5)ccc3-4)cc2[nH]1)C1CCOCC1. The average Bonchev–Trinajstić information content (AvgIpc) is 4.05. The summed E-state index contributed by atoms with van der Waals surface area (Å²) >= 11 is 0. The van der Waals surface area contributed by atoms with Crippen LogP contribution in [-0.4, -0.2) is 73.8 Å². The van der Waals surface area contributed by atoms with Gasteiger partial charge in [-0.3, -0.25) is 4.79 Å². The van der Waals surface area contributed by atoms with Gasteiger partial charge in [0.1, 0.15) is 17.7 Å². The number of carbonyl (C=O) groups is 2. The first-order valence-corrected chi connectivity index (χ1v) is 19.1. The molecule has 2 aliphatic carbocycles. The van der Waals surface area contributed by atoms with E-state index < -0.39 is 18.1 Å². The third-order valence-electron chi connectivity index (χ3n) is 12.5. The first kappa shape index (κ1) is 33.4. The van der Waals surface area contributed by atoms with Gasteiger partial charge in [0.2, 0.25) is 5.91 Å². The third kappa shape index (κ3) is 5.42. The number of benzene rings is 3. The van der Waals surface area contributed by atoms with Crippen molar-refractivity contribution in [2.75, 3.05) is 19.8 Å². The first-order chi connectivity index (χ1) is 26.2. The highest BCUT2D eigenvalue weighted by molar-refractivity contribution is 5.88. The minimum atomic E-state index is -3.19. The van der Waals surface area contributed by atoms with Gasteiger partial charge in [-0.25, -0.2) is 14.8 Å². The number of rotatable bonds is 7. The van der Waals surface area contributed by atoms with Crippen LogP contribution in [0.4, 0.5) is 13.6 Å². The number of carboxylic acid groups (broad SMARTS) is 1. The van der Waals surface area contributed by atoms with Gasteiger partial charge >= 0.3 is 6.09 Å². The summed E-state index contributed by atoms with van der Waals surface area (Å²) in [7, 11) is 0. The van der Waals surface area contributed by atoms with Crippen LogP contribution in [0.25, 0.3) is 44.5 Å². The number of piperidine rings is 1. The molecule has 5 aliphatic rings. The molecule has 10 rings (SSSR count). The molecule has 1 saturated carbocycles. The normalized spacial score (nSPS) is 24.9. The van der Waals surface area contributed by atoms with Gasteiger partial charge in [-0.05, 0) is 110 Å². The Morgan fingerprint density at radius 1 is 0.907 bits per heavy atom. The van der Waals surface area contributed by atoms with E-state index in [1.165, 1.54) is 0 Å². The Hall–Kier alpha value is -5.14. The second-order valence-electron chi connectivity index (χ2n) is 15.6. The van der Waals surface area contributed by atoms with Crippen molar-refractivity contribution in [3.63, 3.8) is 0 Å². The fourth-order valence-electron chi connectivity index (χ4n) is 9.88. The molecule has 3 aliphatic heterocycles. The molecular formula is C41H41F2N7O4. The largest absolute Gasteiger partial charge is 0.465 e. The van der Waals surface area contributed by atoms with Crippen LogP contribution in [0.5, 0.6) is 0 Å². The molecule has 2 amide bonds. The molecule has 4 fully saturated rings. The monoisotopic (exact) mass is 733 g/mol. The highest BCUT2D eigenvalue weighted by atomic mass is 19.3. The molecule has 5 aromatic rings. The number of halogens is 2. The summed E-state index contributed by atoms with van der Waals surface area (Å²) < 4.78 is 38.1. The zero-order valence-electron chi connectivity index (χ0n) is 29.6. The lowest BCUT2D eigenvalue weighted by Crippen LogP contribution is -2.55. The van der Waals surface area contributed by atoms with Crippen LogP contribution >= 0.6 is 0 Å². The van der Waals surface area contributed by atoms with Gasteiger partial charge in [0.15, 0.2) is 0 Å². The number of nitrogens with one attached hydrogen (secondary N) is 4. The zero-order chi connectivity index (χ0) is 36.7. The highest BCUT2D eigenvalue weighted by Crippen LogP contribution is 2.53. The van der Waals surface area contributed by atoms with E-state index in [-0.39, 0.29) is 47.0 Å². The fraction of sp³-hybridized carbons (Fsp3) is 0.415. The van der Waals surface area contributed by atoms with E-state index >= 15 is 8.78 Å². The van der Waals surface area contributed by atoms with E-state index in [2.05, 4.69) is 25.6 Å². The van der Waals surface area contributed by atoms with Gasteiger partial charge in [-0.15, -0.1) is 0 Å². The average molecular weight is 734 g/mol. The van der Waals surface area contributed by atoms with Gasteiger partial charge in [-0.1, -0.05) is 30.3 Å². The molecule has 0 radical (unpaired) electrons. The van der Waals surface area contributed by atoms with Crippen LogP contribution in [0, 0.1) is 11.8 Å². The number of ether oxygens (including phenoxy) is 1. The van der Waals surface area contributed by atoms with Gasteiger partial charge in [0.05, 0.1) is 35.0 Å². The predicted molar refractivity (Wildman–Crippen MR) is 197 cm³/mol. The Bertz CT molecular complexity index is 2290. The van der Waals surface area contributed by atoms with E-state index in [1.54, 1.807) is 30.5 Å². The number of nitrogens with zero attached hydrogens (tertiary/aromatic N) is 3. The molecule has 278 valence electrons. The van der Waals surface area contributed by atoms with E-state index in [0.29, 0.717) is 59.7 Å². The number of likely N-dealkylation sites (tertiary alicyclic amines) is 1. The van der Waals surface area contributed by atoms with Crippen molar-refractivity contribution in [1.82, 2.24) is 35.5 Å². The standard InChI is InChI=1S/C41H41F2N7O4/c42-41(43)29-17-22(4-8-27(29)28-9-5-24(18-30(28)41)34-20-45-37(48-34)32-2-1-13-44-32)23-6-10-31-33(19-23)47-38(46-31)36-25-3-7-26(16-25)50(36)39(51)35(49-40(52)53)21-11-14-54-15-12-21/h4-6,8-10,17-21,25-26,32,35-36,44,49H,1-3,7,11-16H2,(H,45,48)(H,46,47)(H,52,53)/t25-,26-,32+,35+,36+/m1/s1. The molecule has 0 spiro atoms. The van der Waals surface area contributed by atoms with Crippen LogP contribution in [-0.2, 0) is 15.5 Å². The van der Waals surface area contributed by atoms with Crippen LogP contribution in [0.1, 0.15) is 79.8 Å². The summed E-state index contributed by atoms with van der Waals surface area (Å²) in [6.07, 6.45) is 6.50. The first-order valence-electron chi connectivity index (χ1n) is 19.1. The maximum Gasteiger partial charge on any atom is 0.405 e. The number of hydrogen-bond donors (Lipinski definition) is 5. The molecule has 2 bridgehead atoms. The van der Waals surface area contributed by atoms with Crippen molar-refractivity contribution in [3.05, 3.63) is 83.6 Å². The molecule has 2 aromatic heterocycles. The summed E-state index contributed by atoms with van der Waals surface area (Å²) in [5, 5.41) is 15.6. The Kier molecular flexibility index (Phi) is 7.88. The van der Waals surface area contributed by atoms with E-state index in [4.69, 9.17) is 9.72 Å². The predicted octanol–water partition coefficient (Wildman–Crippen LogP) is 7.28. The van der Waals surface area contributed by atoms with Crippen molar-refractivity contribution in [3.8, 4) is 33.5 Å².